The number of hydrogen-bond acceptors (Lipinski definition) is 3. The largest absolute Gasteiger partial charge is 0.480 e. The molecule has 0 aromatic carbocycles. The number of carboxylic acids is 1. The van der Waals surface area contributed by atoms with E-state index >= 15 is 0 Å². The monoisotopic (exact) mass is 187 g/mol. The van der Waals surface area contributed by atoms with Gasteiger partial charge in [-0.05, 0) is 6.92 Å². The lowest BCUT2D eigenvalue weighted by atomic mass is 10.2. The fraction of sp³-hybridized carbons (Fsp3) is 0.571. The second-order valence-electron chi connectivity index (χ2n) is 2.89. The van der Waals surface area contributed by atoms with E-state index in [0.29, 0.717) is 4.90 Å². The van der Waals surface area contributed by atoms with Crippen molar-refractivity contribution in [1.82, 2.24) is 4.90 Å². The Morgan fingerprint density at radius 1 is 1.46 bits per heavy atom. The molecule has 0 radical (unpaired) electrons. The number of amides is 1. The minimum absolute atomic E-state index is 0.233. The Morgan fingerprint density at radius 2 is 2.00 bits per heavy atom. The maximum Gasteiger partial charge on any atom is 0.408 e. The Hall–Kier alpha value is -1.59. The summed E-state index contributed by atoms with van der Waals surface area (Å²) >= 11 is 0. The molecular formula is C7H9NO5. The Bertz CT molecular complexity index is 274. The van der Waals surface area contributed by atoms with Gasteiger partial charge in [-0.3, -0.25) is 9.69 Å². The molecule has 72 valence electrons. The van der Waals surface area contributed by atoms with E-state index in [2.05, 4.69) is 0 Å². The highest BCUT2D eigenvalue weighted by atomic mass is 16.4. The van der Waals surface area contributed by atoms with Crippen LogP contribution in [-0.4, -0.2) is 45.0 Å². The Labute approximate surface area is 73.8 Å². The van der Waals surface area contributed by atoms with Crippen molar-refractivity contribution in [2.45, 2.75) is 25.4 Å². The van der Waals surface area contributed by atoms with Crippen LogP contribution in [0.5, 0.6) is 0 Å². The van der Waals surface area contributed by atoms with Gasteiger partial charge in [0.05, 0.1) is 6.04 Å². The summed E-state index contributed by atoms with van der Waals surface area (Å²) in [5, 5.41) is 17.2. The molecule has 1 heterocycles. The van der Waals surface area contributed by atoms with Gasteiger partial charge in [-0.2, -0.15) is 0 Å². The number of hydrogen-bond donors (Lipinski definition) is 2. The lowest BCUT2D eigenvalue weighted by molar-refractivity contribution is -0.142. The van der Waals surface area contributed by atoms with Gasteiger partial charge in [0.2, 0.25) is 0 Å². The van der Waals surface area contributed by atoms with Gasteiger partial charge in [-0.25, -0.2) is 9.59 Å². The van der Waals surface area contributed by atoms with Crippen molar-refractivity contribution in [2.75, 3.05) is 0 Å². The second kappa shape index (κ2) is 3.04. The molecule has 1 aliphatic rings. The first kappa shape index (κ1) is 9.50. The number of rotatable bonds is 1. The van der Waals surface area contributed by atoms with Gasteiger partial charge in [0.1, 0.15) is 6.04 Å². The average molecular weight is 187 g/mol. The quantitative estimate of drug-likeness (QED) is 0.591. The number of carboxylic acid groups (broad SMARTS) is 2. The first-order valence-electron chi connectivity index (χ1n) is 3.72. The van der Waals surface area contributed by atoms with Gasteiger partial charge in [0.15, 0.2) is 5.78 Å². The lowest BCUT2D eigenvalue weighted by Gasteiger charge is -2.20. The molecule has 6 nitrogen and oxygen atoms in total. The van der Waals surface area contributed by atoms with Gasteiger partial charge < -0.3 is 10.2 Å². The zero-order chi connectivity index (χ0) is 10.2. The van der Waals surface area contributed by atoms with Crippen molar-refractivity contribution in [1.29, 1.82) is 0 Å². The van der Waals surface area contributed by atoms with Crippen LogP contribution >= 0.6 is 0 Å². The predicted molar refractivity (Wildman–Crippen MR) is 40.4 cm³/mol. The summed E-state index contributed by atoms with van der Waals surface area (Å²) in [6, 6.07) is -2.07. The van der Waals surface area contributed by atoms with E-state index in [0.717, 1.165) is 0 Å². The molecule has 0 saturated carbocycles. The van der Waals surface area contributed by atoms with Crippen LogP contribution in [0.15, 0.2) is 0 Å². The number of aliphatic carboxylic acids is 1. The molecule has 1 fully saturated rings. The summed E-state index contributed by atoms with van der Waals surface area (Å²) in [6.45, 7) is 1.39. The van der Waals surface area contributed by atoms with Crippen molar-refractivity contribution < 1.29 is 24.6 Å². The third kappa shape index (κ3) is 1.47. The van der Waals surface area contributed by atoms with Crippen LogP contribution in [0.25, 0.3) is 0 Å². The molecule has 0 aromatic rings. The molecule has 1 aliphatic heterocycles. The van der Waals surface area contributed by atoms with Gasteiger partial charge in [-0.15, -0.1) is 0 Å². The van der Waals surface area contributed by atoms with Gasteiger partial charge in [0.25, 0.3) is 0 Å². The Morgan fingerprint density at radius 3 is 2.31 bits per heavy atom. The minimum atomic E-state index is -1.37. The van der Waals surface area contributed by atoms with Crippen molar-refractivity contribution in [3.63, 3.8) is 0 Å². The molecule has 1 amide bonds. The highest BCUT2D eigenvalue weighted by Gasteiger charge is 2.44. The van der Waals surface area contributed by atoms with Crippen LogP contribution in [0.4, 0.5) is 4.79 Å². The van der Waals surface area contributed by atoms with Crippen molar-refractivity contribution in [3.8, 4) is 0 Å². The van der Waals surface area contributed by atoms with E-state index in [1.54, 1.807) is 0 Å². The van der Waals surface area contributed by atoms with Crippen LogP contribution in [-0.2, 0) is 9.59 Å². The predicted octanol–water partition coefficient (Wildman–Crippen LogP) is -0.219. The highest BCUT2D eigenvalue weighted by molar-refractivity contribution is 5.96. The van der Waals surface area contributed by atoms with Crippen LogP contribution in [0.1, 0.15) is 13.3 Å². The summed E-state index contributed by atoms with van der Waals surface area (Å²) in [7, 11) is 0. The summed E-state index contributed by atoms with van der Waals surface area (Å²) in [6.07, 6.45) is -1.60. The first-order chi connectivity index (χ1) is 5.95. The van der Waals surface area contributed by atoms with E-state index in [9.17, 15) is 14.4 Å². The third-order valence-corrected chi connectivity index (χ3v) is 2.12. The number of carbonyl (C=O) groups is 3. The Balaban J connectivity index is 2.93. The molecule has 0 bridgehead atoms. The maximum atomic E-state index is 11.0. The van der Waals surface area contributed by atoms with Gasteiger partial charge in [0, 0.05) is 6.42 Å². The summed E-state index contributed by atoms with van der Waals surface area (Å²) in [5.74, 6) is -1.63. The van der Waals surface area contributed by atoms with E-state index in [1.165, 1.54) is 6.92 Å². The molecular weight excluding hydrogens is 178 g/mol. The van der Waals surface area contributed by atoms with E-state index < -0.39 is 24.1 Å². The number of likely N-dealkylation sites (tertiary alicyclic amines) is 1. The number of nitrogens with zero attached hydrogens (tertiary/aromatic N) is 1. The van der Waals surface area contributed by atoms with Crippen LogP contribution in [0, 0.1) is 0 Å². The fourth-order valence-electron chi connectivity index (χ4n) is 1.39. The number of Topliss-reactive ketones (excluding diaryl/α,β-unsaturated/α-hetero) is 1. The van der Waals surface area contributed by atoms with E-state index in [1.807, 2.05) is 0 Å². The average Bonchev–Trinajstić information content (AvgIpc) is 2.28. The lowest BCUT2D eigenvalue weighted by Crippen LogP contribution is -2.43. The molecule has 2 atom stereocenters. The molecule has 13 heavy (non-hydrogen) atoms. The molecule has 1 rings (SSSR count). The summed E-state index contributed by atoms with van der Waals surface area (Å²) in [4.78, 5) is 32.8. The van der Waals surface area contributed by atoms with Gasteiger partial charge >= 0.3 is 12.1 Å². The third-order valence-electron chi connectivity index (χ3n) is 2.12. The molecule has 0 aliphatic carbocycles. The number of ketones is 1. The Kier molecular flexibility index (Phi) is 2.22. The van der Waals surface area contributed by atoms with Crippen LogP contribution < -0.4 is 0 Å². The van der Waals surface area contributed by atoms with Crippen LogP contribution in [0.2, 0.25) is 0 Å². The summed E-state index contributed by atoms with van der Waals surface area (Å²) in [5.41, 5.74) is 0. The molecule has 1 saturated heterocycles. The molecule has 0 spiro atoms. The van der Waals surface area contributed by atoms with Crippen LogP contribution in [0.3, 0.4) is 0 Å². The zero-order valence-corrected chi connectivity index (χ0v) is 6.93. The normalized spacial score (nSPS) is 27.8. The molecule has 2 N–H and O–H groups in total. The van der Waals surface area contributed by atoms with E-state index in [-0.39, 0.29) is 12.2 Å². The highest BCUT2D eigenvalue weighted by Crippen LogP contribution is 2.20. The molecule has 6 heteroatoms. The van der Waals surface area contributed by atoms with Gasteiger partial charge in [-0.1, -0.05) is 0 Å². The first-order valence-corrected chi connectivity index (χ1v) is 3.72. The molecule has 0 aromatic heterocycles. The maximum absolute atomic E-state index is 11.0. The zero-order valence-electron chi connectivity index (χ0n) is 6.93. The SMILES string of the molecule is CC1C(=O)CC(C(=O)O)N1C(=O)O. The summed E-state index contributed by atoms with van der Waals surface area (Å²) < 4.78 is 0. The standard InChI is InChI=1S/C7H9NO5/c1-3-5(9)2-4(6(10)11)8(3)7(12)13/h3-4H,2H2,1H3,(H,10,11)(H,12,13). The topological polar surface area (TPSA) is 94.9 Å². The van der Waals surface area contributed by atoms with Crippen molar-refractivity contribution in [2.24, 2.45) is 0 Å². The second-order valence-corrected chi connectivity index (χ2v) is 2.89. The minimum Gasteiger partial charge on any atom is -0.480 e. The molecule has 2 unspecified atom stereocenters. The smallest absolute Gasteiger partial charge is 0.408 e. The number of carbonyl (C=O) groups excluding carboxylic acids is 1. The van der Waals surface area contributed by atoms with Crippen molar-refractivity contribution in [3.05, 3.63) is 0 Å². The fourth-order valence-corrected chi connectivity index (χ4v) is 1.39. The van der Waals surface area contributed by atoms with E-state index in [4.69, 9.17) is 10.2 Å². The van der Waals surface area contributed by atoms with Crippen molar-refractivity contribution >= 4 is 17.8 Å².